The lowest BCUT2D eigenvalue weighted by atomic mass is 10.1. The largest absolute Gasteiger partial charge is 0.478 e. The van der Waals surface area contributed by atoms with E-state index in [0.29, 0.717) is 12.3 Å². The highest BCUT2D eigenvalue weighted by Crippen LogP contribution is 2.17. The van der Waals surface area contributed by atoms with E-state index in [-0.39, 0.29) is 5.92 Å². The van der Waals surface area contributed by atoms with E-state index >= 15 is 0 Å². The fraction of sp³-hybridized carbons (Fsp3) is 0.417. The van der Waals surface area contributed by atoms with E-state index in [1.165, 1.54) is 0 Å². The van der Waals surface area contributed by atoms with Gasteiger partial charge < -0.3 is 15.6 Å². The van der Waals surface area contributed by atoms with E-state index < -0.39 is 12.1 Å². The van der Waals surface area contributed by atoms with Crippen molar-refractivity contribution < 1.29 is 14.6 Å². The first-order valence-electron chi connectivity index (χ1n) is 5.23. The second kappa shape index (κ2) is 5.51. The Kier molecular flexibility index (Phi) is 4.31. The molecule has 0 spiro atoms. The first-order valence-corrected chi connectivity index (χ1v) is 5.23. The minimum Gasteiger partial charge on any atom is -0.478 e. The van der Waals surface area contributed by atoms with Crippen molar-refractivity contribution in [1.82, 2.24) is 0 Å². The molecule has 0 saturated carbocycles. The number of rotatable bonds is 5. The number of ether oxygens (including phenoxy) is 1. The van der Waals surface area contributed by atoms with Crippen molar-refractivity contribution in [2.45, 2.75) is 26.5 Å². The molecular formula is C12H17NO3. The third-order valence-corrected chi connectivity index (χ3v) is 2.27. The maximum Gasteiger partial charge on any atom is 0.345 e. The monoisotopic (exact) mass is 223 g/mol. The second-order valence-electron chi connectivity index (χ2n) is 3.97. The molecule has 0 heterocycles. The van der Waals surface area contributed by atoms with Crippen LogP contribution in [0.2, 0.25) is 0 Å². The van der Waals surface area contributed by atoms with Crippen LogP contribution in [0.25, 0.3) is 0 Å². The molecule has 0 aliphatic rings. The van der Waals surface area contributed by atoms with E-state index in [1.54, 1.807) is 12.1 Å². The molecule has 1 aromatic rings. The molecule has 0 aliphatic heterocycles. The summed E-state index contributed by atoms with van der Waals surface area (Å²) >= 11 is 0. The van der Waals surface area contributed by atoms with Crippen LogP contribution in [0.4, 0.5) is 0 Å². The number of carboxylic acids is 1. The van der Waals surface area contributed by atoms with Crippen molar-refractivity contribution in [1.29, 1.82) is 0 Å². The van der Waals surface area contributed by atoms with Gasteiger partial charge in [-0.2, -0.15) is 0 Å². The maximum absolute atomic E-state index is 10.9. The highest BCUT2D eigenvalue weighted by molar-refractivity contribution is 5.73. The van der Waals surface area contributed by atoms with Crippen molar-refractivity contribution >= 4 is 5.97 Å². The smallest absolute Gasteiger partial charge is 0.345 e. The predicted octanol–water partition coefficient (Wildman–Crippen LogP) is 1.63. The number of hydrogen-bond donors (Lipinski definition) is 2. The zero-order valence-electron chi connectivity index (χ0n) is 9.51. The minimum atomic E-state index is -0.946. The summed E-state index contributed by atoms with van der Waals surface area (Å²) in [5.41, 5.74) is 6.45. The van der Waals surface area contributed by atoms with Crippen molar-refractivity contribution in [3.05, 3.63) is 29.8 Å². The van der Waals surface area contributed by atoms with E-state index in [2.05, 4.69) is 0 Å². The second-order valence-corrected chi connectivity index (χ2v) is 3.97. The average Bonchev–Trinajstić information content (AvgIpc) is 2.25. The lowest BCUT2D eigenvalue weighted by molar-refractivity contribution is -0.147. The summed E-state index contributed by atoms with van der Waals surface area (Å²) in [6.07, 6.45) is -0.816. The van der Waals surface area contributed by atoms with Gasteiger partial charge in [0, 0.05) is 12.5 Å². The van der Waals surface area contributed by atoms with Crippen LogP contribution in [-0.4, -0.2) is 17.2 Å². The van der Waals surface area contributed by atoms with Gasteiger partial charge in [-0.15, -0.1) is 0 Å². The molecule has 4 heteroatoms. The SMILES string of the molecule is CC(C)[C@@H](Oc1ccc(CN)cc1)C(=O)O. The molecule has 4 nitrogen and oxygen atoms in total. The van der Waals surface area contributed by atoms with Crippen LogP contribution in [0.3, 0.4) is 0 Å². The van der Waals surface area contributed by atoms with Crippen LogP contribution in [0.5, 0.6) is 5.75 Å². The van der Waals surface area contributed by atoms with E-state index in [9.17, 15) is 4.79 Å². The van der Waals surface area contributed by atoms with Gasteiger partial charge in [0.2, 0.25) is 0 Å². The van der Waals surface area contributed by atoms with Gasteiger partial charge in [0.05, 0.1) is 0 Å². The fourth-order valence-corrected chi connectivity index (χ4v) is 1.32. The van der Waals surface area contributed by atoms with Crippen LogP contribution in [-0.2, 0) is 11.3 Å². The number of aliphatic carboxylic acids is 1. The lowest BCUT2D eigenvalue weighted by Crippen LogP contribution is -2.32. The molecule has 16 heavy (non-hydrogen) atoms. The quantitative estimate of drug-likeness (QED) is 0.795. The van der Waals surface area contributed by atoms with Crippen molar-refractivity contribution in [3.63, 3.8) is 0 Å². The summed E-state index contributed by atoms with van der Waals surface area (Å²) in [5.74, 6) is -0.470. The number of hydrogen-bond acceptors (Lipinski definition) is 3. The normalized spacial score (nSPS) is 12.5. The fourth-order valence-electron chi connectivity index (χ4n) is 1.32. The first kappa shape index (κ1) is 12.5. The average molecular weight is 223 g/mol. The standard InChI is InChI=1S/C12H17NO3/c1-8(2)11(12(14)15)16-10-5-3-9(7-13)4-6-10/h3-6,8,11H,7,13H2,1-2H3,(H,14,15)/t11-/m1/s1. The van der Waals surface area contributed by atoms with Crippen LogP contribution >= 0.6 is 0 Å². The summed E-state index contributed by atoms with van der Waals surface area (Å²) in [6.45, 7) is 4.09. The van der Waals surface area contributed by atoms with E-state index in [4.69, 9.17) is 15.6 Å². The van der Waals surface area contributed by atoms with Crippen molar-refractivity contribution in [2.75, 3.05) is 0 Å². The number of benzene rings is 1. The molecule has 0 aromatic heterocycles. The van der Waals surface area contributed by atoms with Gasteiger partial charge in [0.15, 0.2) is 6.10 Å². The molecular weight excluding hydrogens is 206 g/mol. The Morgan fingerprint density at radius 2 is 1.94 bits per heavy atom. The summed E-state index contributed by atoms with van der Waals surface area (Å²) in [6, 6.07) is 7.13. The van der Waals surface area contributed by atoms with Gasteiger partial charge in [-0.3, -0.25) is 0 Å². The first-order chi connectivity index (χ1) is 7.54. The number of carboxylic acid groups (broad SMARTS) is 1. The van der Waals surface area contributed by atoms with Crippen LogP contribution < -0.4 is 10.5 Å². The Bertz CT molecular complexity index is 346. The molecule has 0 fully saturated rings. The van der Waals surface area contributed by atoms with Crippen molar-refractivity contribution in [2.24, 2.45) is 11.7 Å². The predicted molar refractivity (Wildman–Crippen MR) is 61.2 cm³/mol. The van der Waals surface area contributed by atoms with Gasteiger partial charge in [-0.1, -0.05) is 26.0 Å². The third kappa shape index (κ3) is 3.24. The summed E-state index contributed by atoms with van der Waals surface area (Å²) in [4.78, 5) is 10.9. The summed E-state index contributed by atoms with van der Waals surface area (Å²) in [7, 11) is 0. The molecule has 3 N–H and O–H groups in total. The highest BCUT2D eigenvalue weighted by atomic mass is 16.5. The van der Waals surface area contributed by atoms with Gasteiger partial charge in [-0.05, 0) is 17.7 Å². The Labute approximate surface area is 95.0 Å². The molecule has 0 saturated heterocycles. The Morgan fingerprint density at radius 3 is 2.31 bits per heavy atom. The molecule has 0 radical (unpaired) electrons. The molecule has 0 unspecified atom stereocenters. The number of nitrogens with two attached hydrogens (primary N) is 1. The van der Waals surface area contributed by atoms with Crippen LogP contribution in [0, 0.1) is 5.92 Å². The Balaban J connectivity index is 2.74. The van der Waals surface area contributed by atoms with Gasteiger partial charge in [-0.25, -0.2) is 4.79 Å². The van der Waals surface area contributed by atoms with Gasteiger partial charge >= 0.3 is 5.97 Å². The summed E-state index contributed by atoms with van der Waals surface area (Å²) < 4.78 is 5.40. The highest BCUT2D eigenvalue weighted by Gasteiger charge is 2.23. The molecule has 1 atom stereocenters. The van der Waals surface area contributed by atoms with Crippen LogP contribution in [0.1, 0.15) is 19.4 Å². The molecule has 0 amide bonds. The minimum absolute atomic E-state index is 0.0771. The summed E-state index contributed by atoms with van der Waals surface area (Å²) in [5, 5.41) is 8.96. The molecule has 0 bridgehead atoms. The van der Waals surface area contributed by atoms with Crippen LogP contribution in [0.15, 0.2) is 24.3 Å². The Hall–Kier alpha value is -1.55. The van der Waals surface area contributed by atoms with Gasteiger partial charge in [0.1, 0.15) is 5.75 Å². The van der Waals surface area contributed by atoms with E-state index in [0.717, 1.165) is 5.56 Å². The van der Waals surface area contributed by atoms with E-state index in [1.807, 2.05) is 26.0 Å². The maximum atomic E-state index is 10.9. The zero-order chi connectivity index (χ0) is 12.1. The van der Waals surface area contributed by atoms with Gasteiger partial charge in [0.25, 0.3) is 0 Å². The lowest BCUT2D eigenvalue weighted by Gasteiger charge is -2.18. The molecule has 1 rings (SSSR count). The zero-order valence-corrected chi connectivity index (χ0v) is 9.51. The molecule has 1 aromatic carbocycles. The van der Waals surface area contributed by atoms with Crippen molar-refractivity contribution in [3.8, 4) is 5.75 Å². The molecule has 0 aliphatic carbocycles. The third-order valence-electron chi connectivity index (χ3n) is 2.27. The molecule has 88 valence electrons. The topological polar surface area (TPSA) is 72.5 Å². The Morgan fingerprint density at radius 1 is 1.38 bits per heavy atom. The number of carbonyl (C=O) groups is 1.